The number of hydrogen-bond acceptors (Lipinski definition) is 2. The molecule has 0 amide bonds. The molecular formula is C17H17BrFNO. The van der Waals surface area contributed by atoms with Crippen LogP contribution in [-0.4, -0.2) is 5.78 Å². The summed E-state index contributed by atoms with van der Waals surface area (Å²) in [5.41, 5.74) is 8.13. The standard InChI is InChI=1S/C17H17BrFNO/c1-11(12-2-5-15(20)6-3-12)8-16(21)10-13-9-14(19)4-7-17(13)18/h2-7,9,11H,8,10,20H2,1H3. The van der Waals surface area contributed by atoms with Crippen molar-refractivity contribution in [2.45, 2.75) is 25.7 Å². The number of ketones is 1. The third kappa shape index (κ3) is 4.39. The fourth-order valence-electron chi connectivity index (χ4n) is 2.25. The maximum absolute atomic E-state index is 13.2. The Kier molecular flexibility index (Phi) is 5.12. The highest BCUT2D eigenvalue weighted by Gasteiger charge is 2.13. The van der Waals surface area contributed by atoms with E-state index in [2.05, 4.69) is 15.9 Å². The number of anilines is 1. The predicted molar refractivity (Wildman–Crippen MR) is 86.7 cm³/mol. The van der Waals surface area contributed by atoms with Crippen molar-refractivity contribution in [3.8, 4) is 0 Å². The lowest BCUT2D eigenvalue weighted by Crippen LogP contribution is -2.08. The SMILES string of the molecule is CC(CC(=O)Cc1cc(F)ccc1Br)c1ccc(N)cc1. The zero-order chi connectivity index (χ0) is 15.4. The molecule has 2 aromatic rings. The van der Waals surface area contributed by atoms with Crippen LogP contribution in [0, 0.1) is 5.82 Å². The van der Waals surface area contributed by atoms with Crippen LogP contribution in [-0.2, 0) is 11.2 Å². The second-order valence-corrected chi connectivity index (χ2v) is 6.08. The summed E-state index contributed by atoms with van der Waals surface area (Å²) in [6.45, 7) is 2.00. The Balaban J connectivity index is 2.01. The molecule has 2 N–H and O–H groups in total. The number of carbonyl (C=O) groups is 1. The minimum absolute atomic E-state index is 0.0885. The third-order valence-electron chi connectivity index (χ3n) is 3.43. The second-order valence-electron chi connectivity index (χ2n) is 5.22. The molecule has 0 aromatic heterocycles. The number of Topliss-reactive ketones (excluding diaryl/α,β-unsaturated/α-hetero) is 1. The number of halogens is 2. The monoisotopic (exact) mass is 349 g/mol. The molecule has 0 radical (unpaired) electrons. The van der Waals surface area contributed by atoms with Gasteiger partial charge in [0.2, 0.25) is 0 Å². The molecule has 4 heteroatoms. The zero-order valence-corrected chi connectivity index (χ0v) is 13.4. The fraction of sp³-hybridized carbons (Fsp3) is 0.235. The zero-order valence-electron chi connectivity index (χ0n) is 11.8. The van der Waals surface area contributed by atoms with E-state index in [1.54, 1.807) is 6.07 Å². The number of benzene rings is 2. The van der Waals surface area contributed by atoms with Gasteiger partial charge in [-0.3, -0.25) is 4.79 Å². The molecule has 2 nitrogen and oxygen atoms in total. The van der Waals surface area contributed by atoms with Gasteiger partial charge in [-0.2, -0.15) is 0 Å². The molecule has 2 rings (SSSR count). The van der Waals surface area contributed by atoms with Gasteiger partial charge in [-0.25, -0.2) is 4.39 Å². The van der Waals surface area contributed by atoms with E-state index in [1.807, 2.05) is 31.2 Å². The minimum atomic E-state index is -0.326. The van der Waals surface area contributed by atoms with Crippen LogP contribution >= 0.6 is 15.9 Å². The van der Waals surface area contributed by atoms with Gasteiger partial charge in [0, 0.05) is 23.0 Å². The van der Waals surface area contributed by atoms with Crippen LogP contribution in [0.3, 0.4) is 0 Å². The van der Waals surface area contributed by atoms with Crippen molar-refractivity contribution in [3.63, 3.8) is 0 Å². The van der Waals surface area contributed by atoms with Crippen LogP contribution in [0.5, 0.6) is 0 Å². The average Bonchev–Trinajstić information content (AvgIpc) is 2.43. The number of rotatable bonds is 5. The highest BCUT2D eigenvalue weighted by Crippen LogP contribution is 2.23. The summed E-state index contributed by atoms with van der Waals surface area (Å²) in [4.78, 5) is 12.2. The molecular weight excluding hydrogens is 333 g/mol. The molecule has 1 unspecified atom stereocenters. The molecule has 0 bridgehead atoms. The van der Waals surface area contributed by atoms with E-state index in [1.165, 1.54) is 12.1 Å². The molecule has 0 spiro atoms. The lowest BCUT2D eigenvalue weighted by molar-refractivity contribution is -0.118. The molecule has 0 heterocycles. The Hall–Kier alpha value is -1.68. The van der Waals surface area contributed by atoms with Crippen molar-refractivity contribution in [3.05, 3.63) is 63.9 Å². The van der Waals surface area contributed by atoms with Crippen LogP contribution in [0.25, 0.3) is 0 Å². The lowest BCUT2D eigenvalue weighted by Gasteiger charge is -2.12. The largest absolute Gasteiger partial charge is 0.399 e. The quantitative estimate of drug-likeness (QED) is 0.809. The molecule has 0 fully saturated rings. The highest BCUT2D eigenvalue weighted by molar-refractivity contribution is 9.10. The Morgan fingerprint density at radius 3 is 2.57 bits per heavy atom. The summed E-state index contributed by atoms with van der Waals surface area (Å²) in [6.07, 6.45) is 0.657. The van der Waals surface area contributed by atoms with Crippen molar-refractivity contribution < 1.29 is 9.18 Å². The van der Waals surface area contributed by atoms with E-state index in [-0.39, 0.29) is 23.9 Å². The van der Waals surface area contributed by atoms with Gasteiger partial charge in [-0.15, -0.1) is 0 Å². The van der Waals surface area contributed by atoms with E-state index < -0.39 is 0 Å². The second kappa shape index (κ2) is 6.85. The molecule has 1 atom stereocenters. The summed E-state index contributed by atoms with van der Waals surface area (Å²) < 4.78 is 14.0. The van der Waals surface area contributed by atoms with Gasteiger partial charge in [0.05, 0.1) is 0 Å². The molecule has 0 aliphatic heterocycles. The van der Waals surface area contributed by atoms with Crippen molar-refractivity contribution in [1.29, 1.82) is 0 Å². The number of nitrogen functional groups attached to an aromatic ring is 1. The minimum Gasteiger partial charge on any atom is -0.399 e. The Morgan fingerprint density at radius 2 is 1.90 bits per heavy atom. The molecule has 21 heavy (non-hydrogen) atoms. The fourth-order valence-corrected chi connectivity index (χ4v) is 2.63. The lowest BCUT2D eigenvalue weighted by atomic mass is 9.93. The summed E-state index contributed by atoms with van der Waals surface area (Å²) in [5.74, 6) is -0.122. The summed E-state index contributed by atoms with van der Waals surface area (Å²) >= 11 is 3.35. The van der Waals surface area contributed by atoms with Crippen molar-refractivity contribution in [2.24, 2.45) is 0 Å². The van der Waals surface area contributed by atoms with Crippen molar-refractivity contribution in [2.75, 3.05) is 5.73 Å². The van der Waals surface area contributed by atoms with Gasteiger partial charge in [0.1, 0.15) is 11.6 Å². The molecule has 0 saturated carbocycles. The van der Waals surface area contributed by atoms with Crippen LogP contribution in [0.1, 0.15) is 30.4 Å². The first-order valence-electron chi connectivity index (χ1n) is 6.77. The van der Waals surface area contributed by atoms with Gasteiger partial charge in [-0.1, -0.05) is 35.0 Å². The first-order valence-corrected chi connectivity index (χ1v) is 7.56. The molecule has 0 aliphatic carbocycles. The Morgan fingerprint density at radius 1 is 1.24 bits per heavy atom. The van der Waals surface area contributed by atoms with Crippen LogP contribution in [0.2, 0.25) is 0 Å². The normalized spacial score (nSPS) is 12.1. The number of carbonyl (C=O) groups excluding carboxylic acids is 1. The van der Waals surface area contributed by atoms with Gasteiger partial charge >= 0.3 is 0 Å². The van der Waals surface area contributed by atoms with Gasteiger partial charge in [0.15, 0.2) is 0 Å². The molecule has 0 aliphatic rings. The van der Waals surface area contributed by atoms with Crippen LogP contribution < -0.4 is 5.73 Å². The van der Waals surface area contributed by atoms with Gasteiger partial charge in [-0.05, 0) is 47.4 Å². The topological polar surface area (TPSA) is 43.1 Å². The number of nitrogens with two attached hydrogens (primary N) is 1. The maximum Gasteiger partial charge on any atom is 0.137 e. The van der Waals surface area contributed by atoms with E-state index in [0.717, 1.165) is 10.0 Å². The molecule has 2 aromatic carbocycles. The summed E-state index contributed by atoms with van der Waals surface area (Å²) in [5, 5.41) is 0. The highest BCUT2D eigenvalue weighted by atomic mass is 79.9. The van der Waals surface area contributed by atoms with Crippen LogP contribution in [0.15, 0.2) is 46.9 Å². The van der Waals surface area contributed by atoms with Crippen LogP contribution in [0.4, 0.5) is 10.1 Å². The summed E-state index contributed by atoms with van der Waals surface area (Å²) in [7, 11) is 0. The van der Waals surface area contributed by atoms with E-state index in [0.29, 0.717) is 17.7 Å². The average molecular weight is 350 g/mol. The Labute approximate surface area is 132 Å². The van der Waals surface area contributed by atoms with Crippen molar-refractivity contribution >= 4 is 27.4 Å². The molecule has 0 saturated heterocycles. The number of hydrogen-bond donors (Lipinski definition) is 1. The smallest absolute Gasteiger partial charge is 0.137 e. The third-order valence-corrected chi connectivity index (χ3v) is 4.21. The summed E-state index contributed by atoms with van der Waals surface area (Å²) in [6, 6.07) is 11.9. The molecule has 110 valence electrons. The van der Waals surface area contributed by atoms with E-state index in [4.69, 9.17) is 5.73 Å². The maximum atomic E-state index is 13.2. The van der Waals surface area contributed by atoms with Crippen molar-refractivity contribution in [1.82, 2.24) is 0 Å². The van der Waals surface area contributed by atoms with E-state index >= 15 is 0 Å². The van der Waals surface area contributed by atoms with E-state index in [9.17, 15) is 9.18 Å². The van der Waals surface area contributed by atoms with Gasteiger partial charge in [0.25, 0.3) is 0 Å². The predicted octanol–water partition coefficient (Wildman–Crippen LogP) is 4.48. The Bertz CT molecular complexity index is 640. The first kappa shape index (κ1) is 15.7. The first-order chi connectivity index (χ1) is 9.95. The van der Waals surface area contributed by atoms with Gasteiger partial charge < -0.3 is 5.73 Å².